The van der Waals surface area contributed by atoms with Gasteiger partial charge in [0.25, 0.3) is 0 Å². The van der Waals surface area contributed by atoms with Crippen molar-refractivity contribution in [3.63, 3.8) is 0 Å². The predicted octanol–water partition coefficient (Wildman–Crippen LogP) is 1.39. The van der Waals surface area contributed by atoms with Crippen LogP contribution in [0.4, 0.5) is 11.6 Å². The molecule has 0 aliphatic rings. The third-order valence-electron chi connectivity index (χ3n) is 2.20. The third-order valence-corrected chi connectivity index (χ3v) is 2.20. The van der Waals surface area contributed by atoms with Crippen LogP contribution in [0.25, 0.3) is 5.82 Å². The van der Waals surface area contributed by atoms with Crippen LogP contribution in [0.5, 0.6) is 0 Å². The van der Waals surface area contributed by atoms with Crippen LogP contribution in [0.3, 0.4) is 0 Å². The number of nitrogens with zero attached hydrogens (tertiary/aromatic N) is 5. The van der Waals surface area contributed by atoms with Crippen molar-refractivity contribution in [1.82, 2.24) is 19.7 Å². The maximum absolute atomic E-state index is 10.9. The molecule has 0 saturated heterocycles. The van der Waals surface area contributed by atoms with Crippen molar-refractivity contribution < 1.29 is 4.92 Å². The molecule has 2 aromatic heterocycles. The van der Waals surface area contributed by atoms with E-state index in [1.54, 1.807) is 12.3 Å². The molecule has 0 radical (unpaired) electrons. The summed E-state index contributed by atoms with van der Waals surface area (Å²) >= 11 is 0. The maximum Gasteiger partial charge on any atom is 0.332 e. The van der Waals surface area contributed by atoms with Crippen molar-refractivity contribution in [1.29, 1.82) is 0 Å². The first-order valence-electron chi connectivity index (χ1n) is 5.47. The van der Waals surface area contributed by atoms with E-state index in [4.69, 9.17) is 0 Å². The normalized spacial score (nSPS) is 10.3. The molecule has 0 bridgehead atoms. The molecule has 0 unspecified atom stereocenters. The van der Waals surface area contributed by atoms with Crippen LogP contribution < -0.4 is 5.32 Å². The molecule has 0 spiro atoms. The summed E-state index contributed by atoms with van der Waals surface area (Å²) in [6, 6.07) is 1.67. The van der Waals surface area contributed by atoms with E-state index < -0.39 is 4.92 Å². The van der Waals surface area contributed by atoms with Gasteiger partial charge in [0.15, 0.2) is 0 Å². The van der Waals surface area contributed by atoms with Crippen molar-refractivity contribution >= 4 is 11.6 Å². The number of hydrogen-bond donors (Lipinski definition) is 1. The summed E-state index contributed by atoms with van der Waals surface area (Å²) in [5, 5.41) is 17.8. The highest BCUT2D eigenvalue weighted by molar-refractivity contribution is 5.48. The highest BCUT2D eigenvalue weighted by Crippen LogP contribution is 2.19. The second-order valence-corrected chi connectivity index (χ2v) is 3.54. The SMILES string of the molecule is CCCNc1ncc([N+](=O)[O-])c(-n2cccn2)n1. The van der Waals surface area contributed by atoms with Crippen LogP contribution >= 0.6 is 0 Å². The molecular weight excluding hydrogens is 236 g/mol. The Morgan fingerprint density at radius 2 is 2.39 bits per heavy atom. The molecule has 0 aliphatic heterocycles. The second-order valence-electron chi connectivity index (χ2n) is 3.54. The van der Waals surface area contributed by atoms with Gasteiger partial charge in [0.05, 0.1) is 4.92 Å². The summed E-state index contributed by atoms with van der Waals surface area (Å²) in [5.41, 5.74) is -0.180. The van der Waals surface area contributed by atoms with Gasteiger partial charge in [-0.05, 0) is 12.5 Å². The van der Waals surface area contributed by atoms with Crippen LogP contribution in [-0.4, -0.2) is 31.2 Å². The van der Waals surface area contributed by atoms with Gasteiger partial charge in [-0.15, -0.1) is 0 Å². The summed E-state index contributed by atoms with van der Waals surface area (Å²) in [7, 11) is 0. The first-order valence-corrected chi connectivity index (χ1v) is 5.47. The van der Waals surface area contributed by atoms with Gasteiger partial charge in [-0.3, -0.25) is 10.1 Å². The largest absolute Gasteiger partial charge is 0.354 e. The van der Waals surface area contributed by atoms with Crippen LogP contribution in [0, 0.1) is 10.1 Å². The lowest BCUT2D eigenvalue weighted by Gasteiger charge is -2.05. The lowest BCUT2D eigenvalue weighted by molar-refractivity contribution is -0.385. The van der Waals surface area contributed by atoms with Gasteiger partial charge in [0.2, 0.25) is 11.8 Å². The number of hydrogen-bond acceptors (Lipinski definition) is 6. The van der Waals surface area contributed by atoms with Crippen molar-refractivity contribution in [3.8, 4) is 5.82 Å². The smallest absolute Gasteiger partial charge is 0.332 e. The molecule has 0 atom stereocenters. The molecule has 2 rings (SSSR count). The average Bonchev–Trinajstić information content (AvgIpc) is 2.89. The molecule has 0 fully saturated rings. The van der Waals surface area contributed by atoms with Crippen LogP contribution in [0.15, 0.2) is 24.7 Å². The summed E-state index contributed by atoms with van der Waals surface area (Å²) in [6.45, 7) is 2.71. The van der Waals surface area contributed by atoms with E-state index in [2.05, 4.69) is 20.4 Å². The second kappa shape index (κ2) is 5.21. The summed E-state index contributed by atoms with van der Waals surface area (Å²) in [5.74, 6) is 0.506. The minimum atomic E-state index is -0.527. The molecule has 2 heterocycles. The molecule has 8 heteroatoms. The van der Waals surface area contributed by atoms with Crippen molar-refractivity contribution in [2.24, 2.45) is 0 Å². The van der Waals surface area contributed by atoms with Gasteiger partial charge in [-0.2, -0.15) is 10.1 Å². The Balaban J connectivity index is 2.42. The van der Waals surface area contributed by atoms with Gasteiger partial charge < -0.3 is 5.32 Å². The summed E-state index contributed by atoms with van der Waals surface area (Å²) in [4.78, 5) is 18.4. The third kappa shape index (κ3) is 2.42. The Morgan fingerprint density at radius 1 is 1.56 bits per heavy atom. The van der Waals surface area contributed by atoms with Gasteiger partial charge in [-0.1, -0.05) is 6.92 Å². The van der Waals surface area contributed by atoms with Crippen molar-refractivity contribution in [2.45, 2.75) is 13.3 Å². The quantitative estimate of drug-likeness (QED) is 0.634. The van der Waals surface area contributed by atoms with E-state index in [1.165, 1.54) is 17.1 Å². The maximum atomic E-state index is 10.9. The van der Waals surface area contributed by atoms with E-state index >= 15 is 0 Å². The Bertz CT molecular complexity index is 539. The predicted molar refractivity (Wildman–Crippen MR) is 64.6 cm³/mol. The van der Waals surface area contributed by atoms with Crippen LogP contribution in [-0.2, 0) is 0 Å². The van der Waals surface area contributed by atoms with Crippen LogP contribution in [0.1, 0.15) is 13.3 Å². The van der Waals surface area contributed by atoms with Gasteiger partial charge in [0.1, 0.15) is 6.20 Å². The average molecular weight is 248 g/mol. The minimum absolute atomic E-state index is 0.151. The standard InChI is InChI=1S/C10H12N6O2/c1-2-4-11-10-12-7-8(16(17)18)9(14-10)15-6-3-5-13-15/h3,5-7H,2,4H2,1H3,(H,11,12,14). The zero-order valence-corrected chi connectivity index (χ0v) is 9.78. The number of rotatable bonds is 5. The van der Waals surface area contributed by atoms with Crippen LogP contribution in [0.2, 0.25) is 0 Å². The molecule has 1 N–H and O–H groups in total. The number of nitrogens with one attached hydrogen (secondary N) is 1. The van der Waals surface area contributed by atoms with E-state index in [0.29, 0.717) is 12.5 Å². The molecule has 0 saturated carbocycles. The summed E-state index contributed by atoms with van der Waals surface area (Å²) < 4.78 is 1.34. The Kier molecular flexibility index (Phi) is 3.46. The number of anilines is 1. The molecule has 0 aromatic carbocycles. The number of nitro groups is 1. The van der Waals surface area contributed by atoms with Gasteiger partial charge in [-0.25, -0.2) is 9.67 Å². The Labute approximate surface area is 103 Å². The molecule has 8 nitrogen and oxygen atoms in total. The molecule has 0 amide bonds. The lowest BCUT2D eigenvalue weighted by Crippen LogP contribution is -2.09. The Morgan fingerprint density at radius 3 is 3.00 bits per heavy atom. The van der Waals surface area contributed by atoms with E-state index in [0.717, 1.165) is 6.42 Å². The molecule has 0 aliphatic carbocycles. The minimum Gasteiger partial charge on any atom is -0.354 e. The molecular formula is C10H12N6O2. The number of aromatic nitrogens is 4. The van der Waals surface area contributed by atoms with Crippen molar-refractivity contribution in [2.75, 3.05) is 11.9 Å². The summed E-state index contributed by atoms with van der Waals surface area (Å²) in [6.07, 6.45) is 5.23. The van der Waals surface area contributed by atoms with Crippen molar-refractivity contribution in [3.05, 3.63) is 34.8 Å². The van der Waals surface area contributed by atoms with E-state index in [1.807, 2.05) is 6.92 Å². The fourth-order valence-electron chi connectivity index (χ4n) is 1.38. The zero-order valence-electron chi connectivity index (χ0n) is 9.78. The topological polar surface area (TPSA) is 98.8 Å². The zero-order chi connectivity index (χ0) is 13.0. The molecule has 18 heavy (non-hydrogen) atoms. The lowest BCUT2D eigenvalue weighted by atomic mass is 10.4. The van der Waals surface area contributed by atoms with Gasteiger partial charge >= 0.3 is 5.69 Å². The first-order chi connectivity index (χ1) is 8.72. The highest BCUT2D eigenvalue weighted by atomic mass is 16.6. The first kappa shape index (κ1) is 12.0. The van der Waals surface area contributed by atoms with E-state index in [9.17, 15) is 10.1 Å². The fraction of sp³-hybridized carbons (Fsp3) is 0.300. The van der Waals surface area contributed by atoms with E-state index in [-0.39, 0.29) is 11.5 Å². The fourth-order valence-corrected chi connectivity index (χ4v) is 1.38. The van der Waals surface area contributed by atoms with Gasteiger partial charge in [0, 0.05) is 18.9 Å². The molecule has 2 aromatic rings. The molecule has 94 valence electrons. The Hall–Kier alpha value is -2.51. The highest BCUT2D eigenvalue weighted by Gasteiger charge is 2.19. The monoisotopic (exact) mass is 248 g/mol.